The van der Waals surface area contributed by atoms with Crippen molar-refractivity contribution in [1.29, 1.82) is 0 Å². The normalized spacial score (nSPS) is 12.4. The van der Waals surface area contributed by atoms with Crippen molar-refractivity contribution in [2.45, 2.75) is 26.1 Å². The summed E-state index contributed by atoms with van der Waals surface area (Å²) in [5.41, 5.74) is 1.72. The number of para-hydroxylation sites is 1. The molecule has 112 valence electrons. The molecule has 0 aliphatic carbocycles. The lowest BCUT2D eigenvalue weighted by atomic mass is 10.1. The zero-order valence-corrected chi connectivity index (χ0v) is 12.3. The number of hydrogen-bond donors (Lipinski definition) is 1. The zero-order valence-electron chi connectivity index (χ0n) is 11.5. The molecule has 1 unspecified atom stereocenters. The Hall–Kier alpha value is -1.65. The van der Waals surface area contributed by atoms with E-state index < -0.39 is 6.61 Å². The van der Waals surface area contributed by atoms with Gasteiger partial charge >= 0.3 is 6.61 Å². The van der Waals surface area contributed by atoms with Crippen molar-refractivity contribution in [3.8, 4) is 5.75 Å². The number of halogens is 3. The highest BCUT2D eigenvalue weighted by Crippen LogP contribution is 2.22. The molecule has 0 bridgehead atoms. The number of rotatable bonds is 6. The average molecular weight is 312 g/mol. The Labute approximate surface area is 127 Å². The Morgan fingerprint density at radius 1 is 1.14 bits per heavy atom. The first-order chi connectivity index (χ1) is 10.1. The molecule has 2 aromatic rings. The Balaban J connectivity index is 2.02. The van der Waals surface area contributed by atoms with E-state index >= 15 is 0 Å². The maximum absolute atomic E-state index is 12.4. The molecule has 2 aromatic carbocycles. The molecule has 0 aromatic heterocycles. The Morgan fingerprint density at radius 3 is 2.62 bits per heavy atom. The summed E-state index contributed by atoms with van der Waals surface area (Å²) in [6.07, 6.45) is 0. The van der Waals surface area contributed by atoms with Crippen LogP contribution in [0.15, 0.2) is 48.5 Å². The van der Waals surface area contributed by atoms with Gasteiger partial charge in [0.05, 0.1) is 0 Å². The minimum absolute atomic E-state index is 0.0447. The standard InChI is InChI=1S/C16H16ClF2NO/c1-11(12-6-4-7-14(17)9-12)20-10-13-5-2-3-8-15(13)21-16(18)19/h2-9,11,16,20H,10H2,1H3. The van der Waals surface area contributed by atoms with Gasteiger partial charge in [-0.25, -0.2) is 0 Å². The number of nitrogens with one attached hydrogen (secondary N) is 1. The van der Waals surface area contributed by atoms with Gasteiger partial charge in [-0.3, -0.25) is 0 Å². The fraction of sp³-hybridized carbons (Fsp3) is 0.250. The van der Waals surface area contributed by atoms with Crippen molar-refractivity contribution >= 4 is 11.6 Å². The van der Waals surface area contributed by atoms with E-state index in [0.29, 0.717) is 17.1 Å². The van der Waals surface area contributed by atoms with E-state index in [2.05, 4.69) is 10.1 Å². The fourth-order valence-corrected chi connectivity index (χ4v) is 2.22. The zero-order chi connectivity index (χ0) is 15.2. The molecular weight excluding hydrogens is 296 g/mol. The summed E-state index contributed by atoms with van der Waals surface area (Å²) in [4.78, 5) is 0. The van der Waals surface area contributed by atoms with Crippen LogP contribution in [-0.2, 0) is 6.54 Å². The molecule has 0 aliphatic rings. The van der Waals surface area contributed by atoms with Crippen LogP contribution in [0.4, 0.5) is 8.78 Å². The van der Waals surface area contributed by atoms with Gasteiger partial charge in [0, 0.05) is 23.2 Å². The summed E-state index contributed by atoms with van der Waals surface area (Å²) in [5, 5.41) is 3.94. The largest absolute Gasteiger partial charge is 0.434 e. The maximum Gasteiger partial charge on any atom is 0.387 e. The van der Waals surface area contributed by atoms with E-state index in [1.807, 2.05) is 31.2 Å². The van der Waals surface area contributed by atoms with Gasteiger partial charge in [0.1, 0.15) is 5.75 Å². The third-order valence-corrected chi connectivity index (χ3v) is 3.37. The van der Waals surface area contributed by atoms with Gasteiger partial charge in [-0.05, 0) is 30.7 Å². The van der Waals surface area contributed by atoms with E-state index in [4.69, 9.17) is 11.6 Å². The number of ether oxygens (including phenoxy) is 1. The third kappa shape index (κ3) is 4.69. The summed E-state index contributed by atoms with van der Waals surface area (Å²) in [7, 11) is 0. The molecule has 0 spiro atoms. The first-order valence-electron chi connectivity index (χ1n) is 6.58. The lowest BCUT2D eigenvalue weighted by Gasteiger charge is -2.16. The predicted octanol–water partition coefficient (Wildman–Crippen LogP) is 4.79. The van der Waals surface area contributed by atoms with Gasteiger partial charge in [0.25, 0.3) is 0 Å². The summed E-state index contributed by atoms with van der Waals surface area (Å²) in [6.45, 7) is -0.407. The van der Waals surface area contributed by atoms with Crippen molar-refractivity contribution in [2.75, 3.05) is 0 Å². The molecule has 0 heterocycles. The topological polar surface area (TPSA) is 21.3 Å². The summed E-state index contributed by atoms with van der Waals surface area (Å²) in [6, 6.07) is 14.3. The number of alkyl halides is 2. The van der Waals surface area contributed by atoms with Gasteiger partial charge < -0.3 is 10.1 Å². The quantitative estimate of drug-likeness (QED) is 0.828. The summed E-state index contributed by atoms with van der Waals surface area (Å²) >= 11 is 5.96. The molecule has 21 heavy (non-hydrogen) atoms. The molecule has 0 amide bonds. The van der Waals surface area contributed by atoms with Gasteiger partial charge in [0.15, 0.2) is 0 Å². The highest BCUT2D eigenvalue weighted by Gasteiger charge is 2.11. The van der Waals surface area contributed by atoms with Crippen molar-refractivity contribution in [3.63, 3.8) is 0 Å². The van der Waals surface area contributed by atoms with Gasteiger partial charge in [-0.1, -0.05) is 41.9 Å². The van der Waals surface area contributed by atoms with Crippen molar-refractivity contribution in [1.82, 2.24) is 5.32 Å². The molecular formula is C16H16ClF2NO. The number of benzene rings is 2. The summed E-state index contributed by atoms with van der Waals surface area (Å²) in [5.74, 6) is 0.193. The van der Waals surface area contributed by atoms with Crippen LogP contribution in [0.5, 0.6) is 5.75 Å². The molecule has 5 heteroatoms. The van der Waals surface area contributed by atoms with Crippen molar-refractivity contribution in [2.24, 2.45) is 0 Å². The van der Waals surface area contributed by atoms with Crippen LogP contribution in [0.25, 0.3) is 0 Å². The minimum Gasteiger partial charge on any atom is -0.434 e. The van der Waals surface area contributed by atoms with E-state index in [1.165, 1.54) is 6.07 Å². The van der Waals surface area contributed by atoms with Crippen LogP contribution < -0.4 is 10.1 Å². The Kier molecular flexibility index (Phi) is 5.53. The first kappa shape index (κ1) is 15.7. The molecule has 2 rings (SSSR count). The van der Waals surface area contributed by atoms with E-state index in [0.717, 1.165) is 5.56 Å². The Bertz CT molecular complexity index is 592. The van der Waals surface area contributed by atoms with Gasteiger partial charge in [-0.15, -0.1) is 0 Å². The molecule has 1 N–H and O–H groups in total. The van der Waals surface area contributed by atoms with Gasteiger partial charge in [0.2, 0.25) is 0 Å². The SMILES string of the molecule is CC(NCc1ccccc1OC(F)F)c1cccc(Cl)c1. The van der Waals surface area contributed by atoms with Crippen LogP contribution in [0.2, 0.25) is 5.02 Å². The van der Waals surface area contributed by atoms with E-state index in [1.54, 1.807) is 18.2 Å². The van der Waals surface area contributed by atoms with E-state index in [-0.39, 0.29) is 11.8 Å². The second kappa shape index (κ2) is 7.38. The minimum atomic E-state index is -2.82. The van der Waals surface area contributed by atoms with Crippen LogP contribution in [-0.4, -0.2) is 6.61 Å². The summed E-state index contributed by atoms with van der Waals surface area (Å²) < 4.78 is 29.2. The highest BCUT2D eigenvalue weighted by atomic mass is 35.5. The molecule has 2 nitrogen and oxygen atoms in total. The average Bonchev–Trinajstić information content (AvgIpc) is 2.45. The monoisotopic (exact) mass is 311 g/mol. The maximum atomic E-state index is 12.4. The van der Waals surface area contributed by atoms with Gasteiger partial charge in [-0.2, -0.15) is 8.78 Å². The van der Waals surface area contributed by atoms with Crippen LogP contribution in [0, 0.1) is 0 Å². The van der Waals surface area contributed by atoms with Crippen molar-refractivity contribution in [3.05, 3.63) is 64.7 Å². The molecule has 0 saturated heterocycles. The lowest BCUT2D eigenvalue weighted by molar-refractivity contribution is -0.0505. The molecule has 0 saturated carbocycles. The fourth-order valence-electron chi connectivity index (χ4n) is 2.02. The van der Waals surface area contributed by atoms with Crippen LogP contribution in [0.1, 0.15) is 24.1 Å². The Morgan fingerprint density at radius 2 is 1.90 bits per heavy atom. The van der Waals surface area contributed by atoms with E-state index in [9.17, 15) is 8.78 Å². The number of hydrogen-bond acceptors (Lipinski definition) is 2. The van der Waals surface area contributed by atoms with Crippen LogP contribution >= 0.6 is 11.6 Å². The first-order valence-corrected chi connectivity index (χ1v) is 6.95. The molecule has 0 aliphatic heterocycles. The van der Waals surface area contributed by atoms with Crippen molar-refractivity contribution < 1.29 is 13.5 Å². The molecule has 1 atom stereocenters. The predicted molar refractivity (Wildman–Crippen MR) is 79.8 cm³/mol. The van der Waals surface area contributed by atoms with Crippen LogP contribution in [0.3, 0.4) is 0 Å². The third-order valence-electron chi connectivity index (χ3n) is 3.14. The molecule has 0 fully saturated rings. The second-order valence-electron chi connectivity index (χ2n) is 4.64. The smallest absolute Gasteiger partial charge is 0.387 e. The second-order valence-corrected chi connectivity index (χ2v) is 5.08. The lowest BCUT2D eigenvalue weighted by Crippen LogP contribution is -2.19. The highest BCUT2D eigenvalue weighted by molar-refractivity contribution is 6.30. The molecule has 0 radical (unpaired) electrons.